The third-order valence-corrected chi connectivity index (χ3v) is 4.65. The summed E-state index contributed by atoms with van der Waals surface area (Å²) in [5, 5.41) is 12.5. The van der Waals surface area contributed by atoms with Gasteiger partial charge in [-0.25, -0.2) is 0 Å². The number of hydrogen-bond donors (Lipinski definition) is 2. The number of halogens is 1. The minimum Gasteiger partial charge on any atom is -0.396 e. The molecule has 0 heterocycles. The average molecular weight is 332 g/mol. The summed E-state index contributed by atoms with van der Waals surface area (Å²) in [5.74, 6) is 0. The highest BCUT2D eigenvalue weighted by molar-refractivity contribution is 9.10. The fraction of sp³-hybridized carbons (Fsp3) is 0.294. The number of aliphatic hydroxyl groups is 1. The average Bonchev–Trinajstić information content (AvgIpc) is 2.86. The number of hydrogen-bond acceptors (Lipinski definition) is 2. The van der Waals surface area contributed by atoms with E-state index in [0.717, 1.165) is 24.9 Å². The predicted octanol–water partition coefficient (Wildman–Crippen LogP) is 4.08. The van der Waals surface area contributed by atoms with E-state index in [2.05, 4.69) is 63.7 Å². The van der Waals surface area contributed by atoms with E-state index in [4.69, 9.17) is 5.11 Å². The van der Waals surface area contributed by atoms with Gasteiger partial charge in [-0.05, 0) is 54.2 Å². The Bertz CT molecular complexity index is 594. The van der Waals surface area contributed by atoms with E-state index in [1.54, 1.807) is 0 Å². The van der Waals surface area contributed by atoms with Crippen LogP contribution >= 0.6 is 15.9 Å². The van der Waals surface area contributed by atoms with Crippen LogP contribution < -0.4 is 5.32 Å². The molecule has 2 aromatic carbocycles. The summed E-state index contributed by atoms with van der Waals surface area (Å²) in [6.45, 7) is 0.205. The molecule has 1 atom stereocenters. The maximum atomic E-state index is 8.93. The van der Waals surface area contributed by atoms with Crippen LogP contribution in [0.15, 0.2) is 46.9 Å². The monoisotopic (exact) mass is 331 g/mol. The number of nitrogens with one attached hydrogen (secondary N) is 1. The number of benzene rings is 2. The Morgan fingerprint density at radius 1 is 1.15 bits per heavy atom. The molecule has 0 saturated carbocycles. The molecular weight excluding hydrogens is 314 g/mol. The Morgan fingerprint density at radius 3 is 2.70 bits per heavy atom. The summed E-state index contributed by atoms with van der Waals surface area (Å²) in [4.78, 5) is 0. The fourth-order valence-corrected chi connectivity index (χ4v) is 3.44. The second kappa shape index (κ2) is 5.98. The second-order valence-corrected chi connectivity index (χ2v) is 6.07. The SMILES string of the molecule is OCCc1ccc(NC2CCc3c(Br)cccc32)cc1. The maximum absolute atomic E-state index is 8.93. The highest BCUT2D eigenvalue weighted by atomic mass is 79.9. The molecule has 0 aromatic heterocycles. The number of anilines is 1. The van der Waals surface area contributed by atoms with Crippen molar-refractivity contribution in [2.75, 3.05) is 11.9 Å². The molecule has 1 aliphatic carbocycles. The van der Waals surface area contributed by atoms with Gasteiger partial charge < -0.3 is 10.4 Å². The van der Waals surface area contributed by atoms with Gasteiger partial charge in [0.1, 0.15) is 0 Å². The molecule has 104 valence electrons. The highest BCUT2D eigenvalue weighted by Crippen LogP contribution is 2.37. The van der Waals surface area contributed by atoms with Crippen molar-refractivity contribution in [1.82, 2.24) is 0 Å². The van der Waals surface area contributed by atoms with Crippen LogP contribution in [-0.4, -0.2) is 11.7 Å². The number of rotatable bonds is 4. The van der Waals surface area contributed by atoms with E-state index in [0.29, 0.717) is 6.04 Å². The lowest BCUT2D eigenvalue weighted by atomic mass is 10.1. The normalized spacial score (nSPS) is 17.0. The van der Waals surface area contributed by atoms with Crippen molar-refractivity contribution in [2.45, 2.75) is 25.3 Å². The van der Waals surface area contributed by atoms with Crippen LogP contribution in [0.5, 0.6) is 0 Å². The lowest BCUT2D eigenvalue weighted by Crippen LogP contribution is -2.07. The molecule has 1 unspecified atom stereocenters. The quantitative estimate of drug-likeness (QED) is 0.884. The molecule has 0 radical (unpaired) electrons. The molecule has 20 heavy (non-hydrogen) atoms. The van der Waals surface area contributed by atoms with Crippen LogP contribution in [0.4, 0.5) is 5.69 Å². The van der Waals surface area contributed by atoms with E-state index in [1.807, 2.05) is 0 Å². The zero-order chi connectivity index (χ0) is 13.9. The lowest BCUT2D eigenvalue weighted by molar-refractivity contribution is 0.299. The third-order valence-electron chi connectivity index (χ3n) is 3.91. The van der Waals surface area contributed by atoms with E-state index >= 15 is 0 Å². The Morgan fingerprint density at radius 2 is 1.95 bits per heavy atom. The predicted molar refractivity (Wildman–Crippen MR) is 86.1 cm³/mol. The van der Waals surface area contributed by atoms with Gasteiger partial charge >= 0.3 is 0 Å². The van der Waals surface area contributed by atoms with Crippen molar-refractivity contribution in [3.05, 3.63) is 63.6 Å². The first-order valence-corrected chi connectivity index (χ1v) is 7.81. The van der Waals surface area contributed by atoms with Crippen LogP contribution in [0.25, 0.3) is 0 Å². The van der Waals surface area contributed by atoms with Crippen molar-refractivity contribution in [2.24, 2.45) is 0 Å². The zero-order valence-corrected chi connectivity index (χ0v) is 12.9. The van der Waals surface area contributed by atoms with Crippen LogP contribution in [0.2, 0.25) is 0 Å². The molecule has 3 rings (SSSR count). The second-order valence-electron chi connectivity index (χ2n) is 5.21. The fourth-order valence-electron chi connectivity index (χ4n) is 2.86. The first-order chi connectivity index (χ1) is 9.78. The van der Waals surface area contributed by atoms with Gasteiger partial charge in [0, 0.05) is 16.8 Å². The molecule has 0 amide bonds. The minimum absolute atomic E-state index is 0.205. The smallest absolute Gasteiger partial charge is 0.0520 e. The summed E-state index contributed by atoms with van der Waals surface area (Å²) < 4.78 is 1.22. The van der Waals surface area contributed by atoms with Crippen molar-refractivity contribution in [3.63, 3.8) is 0 Å². The van der Waals surface area contributed by atoms with E-state index in [-0.39, 0.29) is 6.61 Å². The Kier molecular flexibility index (Phi) is 4.08. The van der Waals surface area contributed by atoms with Crippen molar-refractivity contribution >= 4 is 21.6 Å². The molecule has 3 heteroatoms. The first kappa shape index (κ1) is 13.7. The van der Waals surface area contributed by atoms with Crippen molar-refractivity contribution < 1.29 is 5.11 Å². The van der Waals surface area contributed by atoms with E-state index < -0.39 is 0 Å². The van der Waals surface area contributed by atoms with Gasteiger partial charge in [0.25, 0.3) is 0 Å². The van der Waals surface area contributed by atoms with Crippen LogP contribution in [0.3, 0.4) is 0 Å². The number of fused-ring (bicyclic) bond motifs is 1. The molecule has 1 aliphatic rings. The third kappa shape index (κ3) is 2.74. The molecule has 2 N–H and O–H groups in total. The Labute approximate surface area is 128 Å². The summed E-state index contributed by atoms with van der Waals surface area (Å²) in [7, 11) is 0. The van der Waals surface area contributed by atoms with Crippen LogP contribution in [0.1, 0.15) is 29.2 Å². The molecular formula is C17H18BrNO. The Hall–Kier alpha value is -1.32. The van der Waals surface area contributed by atoms with Gasteiger partial charge in [-0.1, -0.05) is 40.2 Å². The van der Waals surface area contributed by atoms with Crippen molar-refractivity contribution in [3.8, 4) is 0 Å². The molecule has 0 spiro atoms. The minimum atomic E-state index is 0.205. The topological polar surface area (TPSA) is 32.3 Å². The number of aliphatic hydroxyl groups excluding tert-OH is 1. The largest absolute Gasteiger partial charge is 0.396 e. The zero-order valence-electron chi connectivity index (χ0n) is 11.3. The van der Waals surface area contributed by atoms with E-state index in [1.165, 1.54) is 21.2 Å². The van der Waals surface area contributed by atoms with Gasteiger partial charge in [0.2, 0.25) is 0 Å². The van der Waals surface area contributed by atoms with Crippen LogP contribution in [0, 0.1) is 0 Å². The summed E-state index contributed by atoms with van der Waals surface area (Å²) in [6.07, 6.45) is 2.98. The molecule has 0 aliphatic heterocycles. The standard InChI is InChI=1S/C17H18BrNO/c18-16-3-1-2-15-14(16)8-9-17(15)19-13-6-4-12(5-7-13)10-11-20/h1-7,17,19-20H,8-11H2. The summed E-state index contributed by atoms with van der Waals surface area (Å²) >= 11 is 3.64. The van der Waals surface area contributed by atoms with E-state index in [9.17, 15) is 0 Å². The molecule has 2 nitrogen and oxygen atoms in total. The maximum Gasteiger partial charge on any atom is 0.0520 e. The summed E-state index contributed by atoms with van der Waals surface area (Å²) in [5.41, 5.74) is 5.15. The summed E-state index contributed by atoms with van der Waals surface area (Å²) in [6, 6.07) is 15.2. The van der Waals surface area contributed by atoms with Gasteiger partial charge in [0.05, 0.1) is 6.04 Å². The highest BCUT2D eigenvalue weighted by Gasteiger charge is 2.23. The van der Waals surface area contributed by atoms with Crippen LogP contribution in [-0.2, 0) is 12.8 Å². The molecule has 2 aromatic rings. The van der Waals surface area contributed by atoms with Crippen molar-refractivity contribution in [1.29, 1.82) is 0 Å². The molecule has 0 saturated heterocycles. The molecule has 0 fully saturated rings. The van der Waals surface area contributed by atoms with Gasteiger partial charge in [-0.15, -0.1) is 0 Å². The van der Waals surface area contributed by atoms with Gasteiger partial charge in [0.15, 0.2) is 0 Å². The Balaban J connectivity index is 1.75. The first-order valence-electron chi connectivity index (χ1n) is 7.01. The van der Waals surface area contributed by atoms with Gasteiger partial charge in [-0.3, -0.25) is 0 Å². The molecule has 0 bridgehead atoms. The van der Waals surface area contributed by atoms with Gasteiger partial charge in [-0.2, -0.15) is 0 Å². The lowest BCUT2D eigenvalue weighted by Gasteiger charge is -2.16.